The molecule has 0 aromatic heterocycles. The maximum absolute atomic E-state index is 11.2. The number of ether oxygens (including phenoxy) is 1. The first-order valence-electron chi connectivity index (χ1n) is 8.67. The number of nitrogens with two attached hydrogens (primary N) is 2. The van der Waals surface area contributed by atoms with E-state index in [0.717, 1.165) is 17.9 Å². The summed E-state index contributed by atoms with van der Waals surface area (Å²) >= 11 is 0. The Bertz CT molecular complexity index is 789. The van der Waals surface area contributed by atoms with Crippen molar-refractivity contribution >= 4 is 28.7 Å². The van der Waals surface area contributed by atoms with Crippen molar-refractivity contribution in [1.82, 2.24) is 0 Å². The number of carbonyl (C=O) groups is 1. The fraction of sp³-hybridized carbons (Fsp3) is 0.250. The standard InChI is InChI=1S/C14H20N2O2.C6H6N2O2/c1-4-16(9-10-18-14(17)11(2)3)13-7-5-12(15)6-8-13;7-5-1-3-6(4-2-5)8(9)10/h5-8H,2,4,9-10,15H2,1,3H3;1-4H,7H2. The van der Waals surface area contributed by atoms with E-state index in [1.165, 1.54) is 24.3 Å². The molecule has 150 valence electrons. The van der Waals surface area contributed by atoms with E-state index in [1.54, 1.807) is 6.92 Å². The number of carbonyl (C=O) groups excluding carboxylic acids is 1. The van der Waals surface area contributed by atoms with E-state index in [2.05, 4.69) is 18.4 Å². The van der Waals surface area contributed by atoms with Crippen molar-refractivity contribution in [3.05, 3.63) is 70.8 Å². The molecule has 0 bridgehead atoms. The van der Waals surface area contributed by atoms with Gasteiger partial charge >= 0.3 is 5.97 Å². The summed E-state index contributed by atoms with van der Waals surface area (Å²) in [5.74, 6) is -0.344. The van der Waals surface area contributed by atoms with Gasteiger partial charge in [-0.1, -0.05) is 6.58 Å². The number of hydrogen-bond donors (Lipinski definition) is 2. The minimum absolute atomic E-state index is 0.0641. The van der Waals surface area contributed by atoms with Gasteiger partial charge in [-0.05, 0) is 50.2 Å². The van der Waals surface area contributed by atoms with Gasteiger partial charge in [-0.15, -0.1) is 0 Å². The predicted molar refractivity (Wildman–Crippen MR) is 112 cm³/mol. The zero-order valence-corrected chi connectivity index (χ0v) is 16.1. The first-order chi connectivity index (χ1) is 13.2. The number of nitro benzene ring substituents is 1. The third-order valence-corrected chi connectivity index (χ3v) is 3.69. The molecule has 0 atom stereocenters. The van der Waals surface area contributed by atoms with Crippen LogP contribution in [0, 0.1) is 10.1 Å². The summed E-state index contributed by atoms with van der Waals surface area (Å²) in [6.45, 7) is 9.08. The molecule has 0 aliphatic rings. The second-order valence-corrected chi connectivity index (χ2v) is 5.94. The Balaban J connectivity index is 0.000000330. The molecule has 0 aliphatic heterocycles. The van der Waals surface area contributed by atoms with Crippen LogP contribution in [0.15, 0.2) is 60.7 Å². The monoisotopic (exact) mass is 386 g/mol. The lowest BCUT2D eigenvalue weighted by atomic mass is 10.2. The van der Waals surface area contributed by atoms with Crippen molar-refractivity contribution in [2.75, 3.05) is 36.1 Å². The summed E-state index contributed by atoms with van der Waals surface area (Å²) < 4.78 is 5.08. The number of non-ortho nitro benzene ring substituents is 1. The quantitative estimate of drug-likeness (QED) is 0.246. The van der Waals surface area contributed by atoms with Gasteiger partial charge in [-0.3, -0.25) is 10.1 Å². The van der Waals surface area contributed by atoms with Crippen molar-refractivity contribution in [3.8, 4) is 0 Å². The van der Waals surface area contributed by atoms with Crippen LogP contribution in [0.25, 0.3) is 0 Å². The molecule has 2 aromatic carbocycles. The van der Waals surface area contributed by atoms with Crippen molar-refractivity contribution in [2.45, 2.75) is 13.8 Å². The zero-order valence-electron chi connectivity index (χ0n) is 16.1. The largest absolute Gasteiger partial charge is 0.460 e. The molecule has 0 saturated carbocycles. The fourth-order valence-corrected chi connectivity index (χ4v) is 2.12. The Hall–Kier alpha value is -3.55. The number of likely N-dealkylation sites (N-methyl/N-ethyl adjacent to an activating group) is 1. The van der Waals surface area contributed by atoms with Gasteiger partial charge in [0.15, 0.2) is 0 Å². The molecule has 0 spiro atoms. The van der Waals surface area contributed by atoms with Crippen LogP contribution in [-0.2, 0) is 9.53 Å². The van der Waals surface area contributed by atoms with Crippen LogP contribution in [0.1, 0.15) is 13.8 Å². The van der Waals surface area contributed by atoms with Crippen LogP contribution in [0.4, 0.5) is 22.7 Å². The summed E-state index contributed by atoms with van der Waals surface area (Å²) in [6.07, 6.45) is 0. The van der Waals surface area contributed by atoms with E-state index in [1.807, 2.05) is 24.3 Å². The molecule has 0 aliphatic carbocycles. The molecule has 4 N–H and O–H groups in total. The predicted octanol–water partition coefficient (Wildman–Crippen LogP) is 3.39. The average molecular weight is 386 g/mol. The molecule has 0 fully saturated rings. The van der Waals surface area contributed by atoms with Gasteiger partial charge in [0, 0.05) is 41.3 Å². The highest BCUT2D eigenvalue weighted by molar-refractivity contribution is 5.86. The van der Waals surface area contributed by atoms with E-state index < -0.39 is 4.92 Å². The van der Waals surface area contributed by atoms with Gasteiger partial charge in [-0.2, -0.15) is 0 Å². The molecular weight excluding hydrogens is 360 g/mol. The van der Waals surface area contributed by atoms with Gasteiger partial charge in [-0.25, -0.2) is 4.79 Å². The van der Waals surface area contributed by atoms with E-state index in [4.69, 9.17) is 16.2 Å². The number of hydrogen-bond acceptors (Lipinski definition) is 7. The summed E-state index contributed by atoms with van der Waals surface area (Å²) in [5, 5.41) is 10.1. The normalized spacial score (nSPS) is 9.64. The molecule has 8 nitrogen and oxygen atoms in total. The maximum atomic E-state index is 11.2. The molecule has 0 saturated heterocycles. The van der Waals surface area contributed by atoms with Crippen LogP contribution >= 0.6 is 0 Å². The molecule has 8 heteroatoms. The molecule has 2 rings (SSSR count). The number of anilines is 3. The topological polar surface area (TPSA) is 125 Å². The van der Waals surface area contributed by atoms with Crippen LogP contribution in [0.3, 0.4) is 0 Å². The smallest absolute Gasteiger partial charge is 0.333 e. The maximum Gasteiger partial charge on any atom is 0.333 e. The lowest BCUT2D eigenvalue weighted by Crippen LogP contribution is -2.28. The fourth-order valence-electron chi connectivity index (χ4n) is 2.12. The minimum atomic E-state index is -0.459. The van der Waals surface area contributed by atoms with E-state index in [0.29, 0.717) is 24.4 Å². The van der Waals surface area contributed by atoms with Gasteiger partial charge in [0.25, 0.3) is 5.69 Å². The second-order valence-electron chi connectivity index (χ2n) is 5.94. The third-order valence-electron chi connectivity index (χ3n) is 3.69. The average Bonchev–Trinajstić information content (AvgIpc) is 2.67. The number of esters is 1. The van der Waals surface area contributed by atoms with E-state index in [-0.39, 0.29) is 11.7 Å². The van der Waals surface area contributed by atoms with E-state index >= 15 is 0 Å². The van der Waals surface area contributed by atoms with Crippen molar-refractivity contribution in [2.24, 2.45) is 0 Å². The van der Waals surface area contributed by atoms with Gasteiger partial charge in [0.1, 0.15) is 6.61 Å². The highest BCUT2D eigenvalue weighted by Crippen LogP contribution is 2.15. The van der Waals surface area contributed by atoms with Crippen LogP contribution < -0.4 is 16.4 Å². The van der Waals surface area contributed by atoms with Gasteiger partial charge in [0.05, 0.1) is 11.5 Å². The first kappa shape index (κ1) is 22.5. The summed E-state index contributed by atoms with van der Waals surface area (Å²) in [4.78, 5) is 23.0. The number of nitrogen functional groups attached to an aromatic ring is 2. The Labute approximate surface area is 164 Å². The summed E-state index contributed by atoms with van der Waals surface area (Å²) in [5.41, 5.74) is 13.8. The highest BCUT2D eigenvalue weighted by Gasteiger charge is 2.07. The van der Waals surface area contributed by atoms with Gasteiger partial charge < -0.3 is 21.1 Å². The highest BCUT2D eigenvalue weighted by atomic mass is 16.6. The van der Waals surface area contributed by atoms with Crippen molar-refractivity contribution in [1.29, 1.82) is 0 Å². The Morgan fingerprint density at radius 3 is 2.04 bits per heavy atom. The van der Waals surface area contributed by atoms with Crippen LogP contribution in [0.5, 0.6) is 0 Å². The lowest BCUT2D eigenvalue weighted by molar-refractivity contribution is -0.384. The summed E-state index contributed by atoms with van der Waals surface area (Å²) in [7, 11) is 0. The van der Waals surface area contributed by atoms with Gasteiger partial charge in [0.2, 0.25) is 0 Å². The molecule has 28 heavy (non-hydrogen) atoms. The Morgan fingerprint density at radius 2 is 1.61 bits per heavy atom. The number of nitro groups is 1. The van der Waals surface area contributed by atoms with Crippen LogP contribution in [0.2, 0.25) is 0 Å². The zero-order chi connectivity index (χ0) is 21.1. The second kappa shape index (κ2) is 11.2. The lowest BCUT2D eigenvalue weighted by Gasteiger charge is -2.23. The van der Waals surface area contributed by atoms with Crippen LogP contribution in [-0.4, -0.2) is 30.6 Å². The minimum Gasteiger partial charge on any atom is -0.460 e. The summed E-state index contributed by atoms with van der Waals surface area (Å²) in [6, 6.07) is 13.4. The molecular formula is C20H26N4O4. The van der Waals surface area contributed by atoms with Crippen molar-refractivity contribution < 1.29 is 14.5 Å². The first-order valence-corrected chi connectivity index (χ1v) is 8.67. The molecule has 0 unspecified atom stereocenters. The Morgan fingerprint density at radius 1 is 1.11 bits per heavy atom. The molecule has 2 aromatic rings. The molecule has 0 radical (unpaired) electrons. The molecule has 0 amide bonds. The Kier molecular flexibility index (Phi) is 9.02. The van der Waals surface area contributed by atoms with E-state index in [9.17, 15) is 14.9 Å². The SMILES string of the molecule is C=C(C)C(=O)OCCN(CC)c1ccc(N)cc1.Nc1ccc([N+](=O)[O-])cc1. The number of benzene rings is 2. The third kappa shape index (κ3) is 7.77. The number of nitrogens with zero attached hydrogens (tertiary/aromatic N) is 2. The number of rotatable bonds is 7. The van der Waals surface area contributed by atoms with Crippen molar-refractivity contribution in [3.63, 3.8) is 0 Å². The molecule has 0 heterocycles.